The molecule has 6 nitrogen and oxygen atoms in total. The van der Waals surface area contributed by atoms with E-state index in [2.05, 4.69) is 4.98 Å². The van der Waals surface area contributed by atoms with Gasteiger partial charge >= 0.3 is 0 Å². The van der Waals surface area contributed by atoms with Crippen LogP contribution in [0.3, 0.4) is 0 Å². The van der Waals surface area contributed by atoms with Crippen molar-refractivity contribution in [3.8, 4) is 17.2 Å². The summed E-state index contributed by atoms with van der Waals surface area (Å²) in [5.74, 6) is 1.53. The third-order valence-corrected chi connectivity index (χ3v) is 3.93. The van der Waals surface area contributed by atoms with E-state index in [0.717, 1.165) is 0 Å². The largest absolute Gasteiger partial charge is 0.494 e. The first-order valence-corrected chi connectivity index (χ1v) is 8.14. The number of fused-ring (bicyclic) bond motifs is 1. The number of pyridine rings is 1. The van der Waals surface area contributed by atoms with Crippen LogP contribution in [-0.4, -0.2) is 36.9 Å². The van der Waals surface area contributed by atoms with Crippen molar-refractivity contribution in [1.82, 2.24) is 4.98 Å². The normalized spacial score (nSPS) is 12.5. The standard InChI is InChI=1S/C19H19NO5/c1-23-17-6-3-9-20-19(17)15(22)5-2-4-14(21)13-7-8-16-18(12-13)25-11-10-24-16/h3,6-9,12H,2,4-5,10-11H2,1H3. The Morgan fingerprint density at radius 1 is 1.08 bits per heavy atom. The lowest BCUT2D eigenvalue weighted by Gasteiger charge is -2.18. The first kappa shape index (κ1) is 17.0. The molecule has 0 fully saturated rings. The number of hydrogen-bond acceptors (Lipinski definition) is 6. The van der Waals surface area contributed by atoms with E-state index in [1.54, 1.807) is 36.5 Å². The quantitative estimate of drug-likeness (QED) is 0.721. The van der Waals surface area contributed by atoms with Crippen LogP contribution in [0.15, 0.2) is 36.5 Å². The maximum atomic E-state index is 12.3. The van der Waals surface area contributed by atoms with Gasteiger partial charge in [0.25, 0.3) is 0 Å². The molecule has 1 aromatic carbocycles. The van der Waals surface area contributed by atoms with Gasteiger partial charge in [0.2, 0.25) is 0 Å². The monoisotopic (exact) mass is 341 g/mol. The molecule has 6 heteroatoms. The van der Waals surface area contributed by atoms with Crippen LogP contribution in [0.1, 0.15) is 40.1 Å². The van der Waals surface area contributed by atoms with E-state index in [1.807, 2.05) is 0 Å². The molecule has 130 valence electrons. The number of benzene rings is 1. The van der Waals surface area contributed by atoms with E-state index >= 15 is 0 Å². The Morgan fingerprint density at radius 3 is 2.64 bits per heavy atom. The highest BCUT2D eigenvalue weighted by atomic mass is 16.6. The minimum atomic E-state index is -0.132. The van der Waals surface area contributed by atoms with Gasteiger partial charge in [-0.15, -0.1) is 0 Å². The summed E-state index contributed by atoms with van der Waals surface area (Å²) in [6.45, 7) is 0.991. The summed E-state index contributed by atoms with van der Waals surface area (Å²) >= 11 is 0. The van der Waals surface area contributed by atoms with Crippen molar-refractivity contribution in [1.29, 1.82) is 0 Å². The van der Waals surface area contributed by atoms with Crippen molar-refractivity contribution in [2.45, 2.75) is 19.3 Å². The molecule has 1 aliphatic heterocycles. The van der Waals surface area contributed by atoms with Crippen molar-refractivity contribution in [2.24, 2.45) is 0 Å². The van der Waals surface area contributed by atoms with Crippen molar-refractivity contribution in [2.75, 3.05) is 20.3 Å². The summed E-state index contributed by atoms with van der Waals surface area (Å²) in [4.78, 5) is 28.6. The number of rotatable bonds is 7. The first-order chi connectivity index (χ1) is 12.2. The molecule has 1 aromatic heterocycles. The van der Waals surface area contributed by atoms with Crippen molar-refractivity contribution in [3.05, 3.63) is 47.8 Å². The second kappa shape index (κ2) is 7.79. The van der Waals surface area contributed by atoms with Crippen LogP contribution in [0, 0.1) is 0 Å². The number of carbonyl (C=O) groups is 2. The second-order valence-corrected chi connectivity index (χ2v) is 5.61. The summed E-state index contributed by atoms with van der Waals surface area (Å²) in [6.07, 6.45) is 2.52. The van der Waals surface area contributed by atoms with E-state index in [1.165, 1.54) is 7.11 Å². The molecule has 2 aromatic rings. The Hall–Kier alpha value is -2.89. The fourth-order valence-corrected chi connectivity index (χ4v) is 2.65. The molecule has 0 atom stereocenters. The summed E-state index contributed by atoms with van der Waals surface area (Å²) in [6, 6.07) is 8.56. The number of aromatic nitrogens is 1. The van der Waals surface area contributed by atoms with Crippen LogP contribution in [0.2, 0.25) is 0 Å². The number of nitrogens with zero attached hydrogens (tertiary/aromatic N) is 1. The number of carbonyl (C=O) groups excluding carboxylic acids is 2. The third-order valence-electron chi connectivity index (χ3n) is 3.93. The van der Waals surface area contributed by atoms with Gasteiger partial charge in [0.15, 0.2) is 23.1 Å². The highest BCUT2D eigenvalue weighted by molar-refractivity contribution is 5.99. The molecule has 1 aliphatic rings. The van der Waals surface area contributed by atoms with Crippen LogP contribution < -0.4 is 14.2 Å². The molecule has 25 heavy (non-hydrogen) atoms. The lowest BCUT2D eigenvalue weighted by atomic mass is 10.0. The molecule has 0 spiro atoms. The molecule has 2 heterocycles. The van der Waals surface area contributed by atoms with Crippen molar-refractivity contribution >= 4 is 11.6 Å². The van der Waals surface area contributed by atoms with Crippen LogP contribution in [0.25, 0.3) is 0 Å². The molecule has 0 unspecified atom stereocenters. The highest BCUT2D eigenvalue weighted by Crippen LogP contribution is 2.31. The lowest BCUT2D eigenvalue weighted by Crippen LogP contribution is -2.15. The SMILES string of the molecule is COc1cccnc1C(=O)CCCC(=O)c1ccc2c(c1)OCCO2. The van der Waals surface area contributed by atoms with Crippen molar-refractivity contribution in [3.63, 3.8) is 0 Å². The number of Topliss-reactive ketones (excluding diaryl/α,β-unsaturated/α-hetero) is 2. The molecule has 0 saturated heterocycles. The van der Waals surface area contributed by atoms with Gasteiger partial charge in [-0.3, -0.25) is 9.59 Å². The van der Waals surface area contributed by atoms with Crippen LogP contribution >= 0.6 is 0 Å². The number of hydrogen-bond donors (Lipinski definition) is 0. The summed E-state index contributed by atoms with van der Waals surface area (Å²) in [7, 11) is 1.50. The fourth-order valence-electron chi connectivity index (χ4n) is 2.65. The van der Waals surface area contributed by atoms with Crippen LogP contribution in [-0.2, 0) is 0 Å². The van der Waals surface area contributed by atoms with Gasteiger partial charge in [0.1, 0.15) is 24.7 Å². The van der Waals surface area contributed by atoms with Crippen LogP contribution in [0.5, 0.6) is 17.2 Å². The number of ketones is 2. The summed E-state index contributed by atoms with van der Waals surface area (Å²) < 4.78 is 16.1. The molecule has 0 radical (unpaired) electrons. The molecule has 0 aliphatic carbocycles. The van der Waals surface area contributed by atoms with E-state index in [0.29, 0.717) is 48.1 Å². The zero-order valence-electron chi connectivity index (χ0n) is 14.0. The van der Waals surface area contributed by atoms with Gasteiger partial charge in [-0.1, -0.05) is 0 Å². The molecule has 0 amide bonds. The molecule has 3 rings (SSSR count). The van der Waals surface area contributed by atoms with E-state index < -0.39 is 0 Å². The maximum absolute atomic E-state index is 12.3. The number of ether oxygens (including phenoxy) is 3. The Bertz CT molecular complexity index is 787. The van der Waals surface area contributed by atoms with Crippen molar-refractivity contribution < 1.29 is 23.8 Å². The Labute approximate surface area is 145 Å². The minimum absolute atomic E-state index is 0.0299. The van der Waals surface area contributed by atoms with Gasteiger partial charge in [-0.2, -0.15) is 0 Å². The Kier molecular flexibility index (Phi) is 5.28. The smallest absolute Gasteiger partial charge is 0.185 e. The molecule has 0 bridgehead atoms. The second-order valence-electron chi connectivity index (χ2n) is 5.61. The fraction of sp³-hybridized carbons (Fsp3) is 0.316. The predicted molar refractivity (Wildman–Crippen MR) is 90.7 cm³/mol. The summed E-state index contributed by atoms with van der Waals surface area (Å²) in [5.41, 5.74) is 0.865. The Morgan fingerprint density at radius 2 is 1.84 bits per heavy atom. The van der Waals surface area contributed by atoms with Gasteiger partial charge in [-0.05, 0) is 36.8 Å². The Balaban J connectivity index is 1.57. The predicted octanol–water partition coefficient (Wildman–Crippen LogP) is 3.10. The van der Waals surface area contributed by atoms with Gasteiger partial charge in [0, 0.05) is 24.6 Å². The first-order valence-electron chi connectivity index (χ1n) is 8.14. The molecule has 0 N–H and O–H groups in total. The van der Waals surface area contributed by atoms with E-state index in [9.17, 15) is 9.59 Å². The molecular weight excluding hydrogens is 322 g/mol. The molecular formula is C19H19NO5. The van der Waals surface area contributed by atoms with Gasteiger partial charge < -0.3 is 14.2 Å². The highest BCUT2D eigenvalue weighted by Gasteiger charge is 2.17. The van der Waals surface area contributed by atoms with Crippen LogP contribution in [0.4, 0.5) is 0 Å². The zero-order valence-corrected chi connectivity index (χ0v) is 14.0. The average Bonchev–Trinajstić information content (AvgIpc) is 2.67. The zero-order chi connectivity index (χ0) is 17.6. The average molecular weight is 341 g/mol. The third kappa shape index (κ3) is 3.96. The minimum Gasteiger partial charge on any atom is -0.494 e. The topological polar surface area (TPSA) is 74.7 Å². The summed E-state index contributed by atoms with van der Waals surface area (Å²) in [5, 5.41) is 0. The van der Waals surface area contributed by atoms with E-state index in [4.69, 9.17) is 14.2 Å². The van der Waals surface area contributed by atoms with E-state index in [-0.39, 0.29) is 24.4 Å². The maximum Gasteiger partial charge on any atom is 0.185 e. The van der Waals surface area contributed by atoms with Gasteiger partial charge in [-0.25, -0.2) is 4.98 Å². The van der Waals surface area contributed by atoms with Gasteiger partial charge in [0.05, 0.1) is 7.11 Å². The lowest BCUT2D eigenvalue weighted by molar-refractivity contribution is 0.0952. The number of methoxy groups -OCH3 is 1. The molecule has 0 saturated carbocycles.